The minimum Gasteiger partial charge on any atom is -0.478 e. The number of thioether (sulfide) groups is 1. The van der Waals surface area contributed by atoms with E-state index >= 15 is 0 Å². The van der Waals surface area contributed by atoms with E-state index in [1.54, 1.807) is 18.2 Å². The Morgan fingerprint density at radius 3 is 2.39 bits per heavy atom. The summed E-state index contributed by atoms with van der Waals surface area (Å²) in [4.78, 5) is 13.1. The third-order valence-corrected chi connectivity index (χ3v) is 6.77. The average molecular weight is 477 g/mol. The Bertz CT molecular complexity index is 1170. The molecule has 4 nitrogen and oxygen atoms in total. The van der Waals surface area contributed by atoms with Gasteiger partial charge in [-0.2, -0.15) is 13.2 Å². The van der Waals surface area contributed by atoms with Gasteiger partial charge < -0.3 is 15.1 Å². The SMILES string of the molecule is O=C(O)c1ccc(CC2Sc3ccc(F)cc3N(Cc3ccccc3C(F)(F)F)C2O)cc1. The largest absolute Gasteiger partial charge is 0.478 e. The zero-order valence-corrected chi connectivity index (χ0v) is 17.9. The standard InChI is InChI=1S/C24H19F4NO3S/c25-17-9-10-20-19(12-17)29(13-16-3-1-2-4-18(16)24(26,27)28)22(30)21(33-20)11-14-5-7-15(8-6-14)23(31)32/h1-10,12,21-22,30H,11,13H2,(H,31,32). The molecule has 0 spiro atoms. The molecule has 0 amide bonds. The van der Waals surface area contributed by atoms with E-state index in [-0.39, 0.29) is 17.7 Å². The lowest BCUT2D eigenvalue weighted by molar-refractivity contribution is -0.138. The van der Waals surface area contributed by atoms with E-state index in [1.165, 1.54) is 59.1 Å². The maximum absolute atomic E-state index is 14.0. The van der Waals surface area contributed by atoms with Gasteiger partial charge in [0.1, 0.15) is 12.0 Å². The van der Waals surface area contributed by atoms with Crippen LogP contribution in [0.25, 0.3) is 0 Å². The molecular weight excluding hydrogens is 458 g/mol. The van der Waals surface area contributed by atoms with Crippen LogP contribution in [-0.4, -0.2) is 27.7 Å². The van der Waals surface area contributed by atoms with Crippen LogP contribution < -0.4 is 4.90 Å². The van der Waals surface area contributed by atoms with Crippen molar-refractivity contribution in [2.45, 2.75) is 35.5 Å². The number of carboxylic acids is 1. The predicted octanol–water partition coefficient (Wildman–Crippen LogP) is 5.58. The van der Waals surface area contributed by atoms with E-state index in [0.29, 0.717) is 17.0 Å². The second-order valence-corrected chi connectivity index (χ2v) is 8.95. The molecule has 1 heterocycles. The Hall–Kier alpha value is -3.04. The van der Waals surface area contributed by atoms with Crippen LogP contribution in [0.2, 0.25) is 0 Å². The molecule has 3 aromatic rings. The number of halogens is 4. The topological polar surface area (TPSA) is 60.8 Å². The lowest BCUT2D eigenvalue weighted by atomic mass is 10.0. The van der Waals surface area contributed by atoms with Gasteiger partial charge in [-0.3, -0.25) is 0 Å². The molecule has 0 aromatic heterocycles. The highest BCUT2D eigenvalue weighted by molar-refractivity contribution is 8.00. The maximum Gasteiger partial charge on any atom is 0.416 e. The number of alkyl halides is 3. The van der Waals surface area contributed by atoms with Gasteiger partial charge >= 0.3 is 12.1 Å². The van der Waals surface area contributed by atoms with Crippen LogP contribution >= 0.6 is 11.8 Å². The molecule has 2 N–H and O–H groups in total. The maximum atomic E-state index is 14.0. The number of benzene rings is 3. The van der Waals surface area contributed by atoms with Crippen LogP contribution in [0.3, 0.4) is 0 Å². The quantitative estimate of drug-likeness (QED) is 0.470. The van der Waals surface area contributed by atoms with Crippen molar-refractivity contribution in [2.24, 2.45) is 0 Å². The molecule has 1 aliphatic heterocycles. The summed E-state index contributed by atoms with van der Waals surface area (Å²) in [5.74, 6) is -1.61. The van der Waals surface area contributed by atoms with Crippen molar-refractivity contribution in [3.05, 3.63) is 94.8 Å². The van der Waals surface area contributed by atoms with Crippen molar-refractivity contribution in [3.63, 3.8) is 0 Å². The number of hydrogen-bond acceptors (Lipinski definition) is 4. The molecule has 0 aliphatic carbocycles. The van der Waals surface area contributed by atoms with Crippen molar-refractivity contribution in [1.29, 1.82) is 0 Å². The highest BCUT2D eigenvalue weighted by atomic mass is 32.2. The van der Waals surface area contributed by atoms with Crippen molar-refractivity contribution in [3.8, 4) is 0 Å². The third kappa shape index (κ3) is 4.99. The number of hydrogen-bond donors (Lipinski definition) is 2. The molecule has 0 saturated heterocycles. The third-order valence-electron chi connectivity index (χ3n) is 5.46. The molecule has 2 unspecified atom stereocenters. The molecule has 4 rings (SSSR count). The van der Waals surface area contributed by atoms with Crippen molar-refractivity contribution in [1.82, 2.24) is 0 Å². The normalized spacial score (nSPS) is 18.2. The first-order valence-corrected chi connectivity index (χ1v) is 10.9. The van der Waals surface area contributed by atoms with Gasteiger partial charge in [-0.05, 0) is 53.9 Å². The molecule has 2 atom stereocenters. The van der Waals surface area contributed by atoms with Gasteiger partial charge in [0.2, 0.25) is 0 Å². The number of aromatic carboxylic acids is 1. The van der Waals surface area contributed by atoms with E-state index < -0.39 is 35.0 Å². The van der Waals surface area contributed by atoms with Gasteiger partial charge in [0.15, 0.2) is 0 Å². The zero-order chi connectivity index (χ0) is 23.8. The lowest BCUT2D eigenvalue weighted by Gasteiger charge is -2.40. The Kier molecular flexibility index (Phi) is 6.36. The van der Waals surface area contributed by atoms with Gasteiger partial charge in [0.25, 0.3) is 0 Å². The van der Waals surface area contributed by atoms with Crippen LogP contribution in [0.4, 0.5) is 23.2 Å². The first-order valence-electron chi connectivity index (χ1n) is 10.0. The summed E-state index contributed by atoms with van der Waals surface area (Å²) in [6, 6.07) is 15.3. The van der Waals surface area contributed by atoms with E-state index in [4.69, 9.17) is 5.11 Å². The first kappa shape index (κ1) is 23.1. The minimum atomic E-state index is -4.57. The van der Waals surface area contributed by atoms with Crippen LogP contribution in [0, 0.1) is 5.82 Å². The van der Waals surface area contributed by atoms with E-state index in [9.17, 15) is 27.5 Å². The van der Waals surface area contributed by atoms with Crippen molar-refractivity contribution < 1.29 is 32.6 Å². The Morgan fingerprint density at radius 2 is 1.73 bits per heavy atom. The van der Waals surface area contributed by atoms with Gasteiger partial charge in [-0.25, -0.2) is 9.18 Å². The smallest absolute Gasteiger partial charge is 0.416 e. The fourth-order valence-corrected chi connectivity index (χ4v) is 5.16. The molecule has 3 aromatic carbocycles. The summed E-state index contributed by atoms with van der Waals surface area (Å²) in [5.41, 5.74) is 0.367. The van der Waals surface area contributed by atoms with E-state index in [0.717, 1.165) is 11.6 Å². The van der Waals surface area contributed by atoms with Gasteiger partial charge in [0.05, 0.1) is 22.1 Å². The fraction of sp³-hybridized carbons (Fsp3) is 0.208. The molecule has 33 heavy (non-hydrogen) atoms. The second kappa shape index (κ2) is 9.07. The number of anilines is 1. The number of carboxylic acid groups (broad SMARTS) is 1. The Balaban J connectivity index is 1.67. The van der Waals surface area contributed by atoms with E-state index in [1.807, 2.05) is 0 Å². The van der Waals surface area contributed by atoms with Gasteiger partial charge in [-0.1, -0.05) is 30.3 Å². The summed E-state index contributed by atoms with van der Waals surface area (Å²) >= 11 is 1.31. The molecule has 0 radical (unpaired) electrons. The number of aliphatic hydroxyl groups is 1. The second-order valence-electron chi connectivity index (χ2n) is 7.67. The lowest BCUT2D eigenvalue weighted by Crippen LogP contribution is -2.46. The molecule has 1 aliphatic rings. The van der Waals surface area contributed by atoms with E-state index in [2.05, 4.69) is 0 Å². The summed E-state index contributed by atoms with van der Waals surface area (Å²) in [5, 5.41) is 19.7. The Labute approximate surface area is 191 Å². The molecule has 0 bridgehead atoms. The monoisotopic (exact) mass is 477 g/mol. The number of rotatable bonds is 5. The zero-order valence-electron chi connectivity index (χ0n) is 17.1. The van der Waals surface area contributed by atoms with Crippen molar-refractivity contribution in [2.75, 3.05) is 4.90 Å². The predicted molar refractivity (Wildman–Crippen MR) is 117 cm³/mol. The highest BCUT2D eigenvalue weighted by Gasteiger charge is 2.37. The van der Waals surface area contributed by atoms with Crippen LogP contribution in [0.1, 0.15) is 27.0 Å². The fourth-order valence-electron chi connectivity index (χ4n) is 3.84. The number of carbonyl (C=O) groups is 1. The van der Waals surface area contributed by atoms with Crippen LogP contribution in [-0.2, 0) is 19.1 Å². The average Bonchev–Trinajstić information content (AvgIpc) is 2.77. The van der Waals surface area contributed by atoms with Crippen molar-refractivity contribution >= 4 is 23.4 Å². The summed E-state index contributed by atoms with van der Waals surface area (Å²) < 4.78 is 54.6. The highest BCUT2D eigenvalue weighted by Crippen LogP contribution is 2.44. The molecule has 172 valence electrons. The molecule has 0 fully saturated rings. The van der Waals surface area contributed by atoms with Crippen LogP contribution in [0.5, 0.6) is 0 Å². The van der Waals surface area contributed by atoms with Gasteiger partial charge in [0, 0.05) is 11.4 Å². The van der Waals surface area contributed by atoms with Gasteiger partial charge in [-0.15, -0.1) is 11.8 Å². The van der Waals surface area contributed by atoms with Crippen LogP contribution in [0.15, 0.2) is 71.6 Å². The summed E-state index contributed by atoms with van der Waals surface area (Å²) in [7, 11) is 0. The number of aliphatic hydroxyl groups excluding tert-OH is 1. The minimum absolute atomic E-state index is 0.0317. The first-order chi connectivity index (χ1) is 15.6. The number of fused-ring (bicyclic) bond motifs is 1. The summed E-state index contributed by atoms with van der Waals surface area (Å²) in [6.07, 6.45) is -5.44. The molecule has 9 heteroatoms. The molecule has 0 saturated carbocycles. The summed E-state index contributed by atoms with van der Waals surface area (Å²) in [6.45, 7) is -0.262. The Morgan fingerprint density at radius 1 is 1.03 bits per heavy atom. The number of nitrogens with zero attached hydrogens (tertiary/aromatic N) is 1. The molecular formula is C24H19F4NO3S.